The summed E-state index contributed by atoms with van der Waals surface area (Å²) in [4.78, 5) is 24.2. The molecule has 1 amide bonds. The number of rotatable bonds is 7. The Morgan fingerprint density at radius 2 is 1.97 bits per heavy atom. The topological polar surface area (TPSA) is 109 Å². The second-order valence-electron chi connectivity index (χ2n) is 10.4. The Morgan fingerprint density at radius 1 is 1.22 bits per heavy atom. The maximum atomic E-state index is 12.6. The number of carbonyl (C=O) groups excluding carboxylic acids is 1. The molecule has 0 saturated heterocycles. The van der Waals surface area contributed by atoms with Gasteiger partial charge in [0.05, 0.1) is 24.0 Å². The molecular formula is C30H32N2O5. The second kappa shape index (κ2) is 10.9. The zero-order chi connectivity index (χ0) is 26.6. The number of fused-ring (bicyclic) bond motifs is 1. The molecular weight excluding hydrogens is 468 g/mol. The predicted molar refractivity (Wildman–Crippen MR) is 139 cm³/mol. The van der Waals surface area contributed by atoms with Gasteiger partial charge in [0, 0.05) is 18.2 Å². The highest BCUT2D eigenvalue weighted by Gasteiger charge is 2.29. The summed E-state index contributed by atoms with van der Waals surface area (Å²) >= 11 is 0. The molecule has 2 aromatic carbocycles. The Labute approximate surface area is 217 Å². The summed E-state index contributed by atoms with van der Waals surface area (Å²) in [5.41, 5.74) is 3.30. The summed E-state index contributed by atoms with van der Waals surface area (Å²) in [7, 11) is 0. The van der Waals surface area contributed by atoms with Crippen LogP contribution in [0.4, 0.5) is 0 Å². The fourth-order valence-corrected chi connectivity index (χ4v) is 4.48. The summed E-state index contributed by atoms with van der Waals surface area (Å²) in [6.45, 7) is 7.40. The lowest BCUT2D eigenvalue weighted by Gasteiger charge is -2.24. The lowest BCUT2D eigenvalue weighted by Crippen LogP contribution is -2.31. The van der Waals surface area contributed by atoms with Gasteiger partial charge in [-0.2, -0.15) is 5.26 Å². The predicted octanol–water partition coefficient (Wildman–Crippen LogP) is 5.00. The molecule has 2 aliphatic rings. The van der Waals surface area contributed by atoms with Crippen molar-refractivity contribution in [1.29, 1.82) is 5.26 Å². The van der Waals surface area contributed by atoms with Gasteiger partial charge in [0.1, 0.15) is 23.3 Å². The lowest BCUT2D eigenvalue weighted by atomic mass is 9.86. The zero-order valence-corrected chi connectivity index (χ0v) is 21.4. The van der Waals surface area contributed by atoms with E-state index in [1.165, 1.54) is 17.2 Å². The van der Waals surface area contributed by atoms with E-state index in [0.717, 1.165) is 6.42 Å². The molecule has 2 unspecified atom stereocenters. The third-order valence-corrected chi connectivity index (χ3v) is 6.73. The van der Waals surface area contributed by atoms with Crippen LogP contribution in [0.2, 0.25) is 0 Å². The molecule has 37 heavy (non-hydrogen) atoms. The van der Waals surface area contributed by atoms with Gasteiger partial charge < -0.3 is 19.9 Å². The number of amides is 1. The van der Waals surface area contributed by atoms with Crippen LogP contribution in [0.1, 0.15) is 61.8 Å². The van der Waals surface area contributed by atoms with Crippen LogP contribution < -0.4 is 14.8 Å². The van der Waals surface area contributed by atoms with Crippen molar-refractivity contribution in [3.63, 3.8) is 0 Å². The molecule has 1 heterocycles. The number of carbonyl (C=O) groups is 2. The molecule has 1 aliphatic carbocycles. The Balaban J connectivity index is 1.32. The van der Waals surface area contributed by atoms with E-state index < -0.39 is 11.9 Å². The molecule has 0 saturated carbocycles. The van der Waals surface area contributed by atoms with Crippen molar-refractivity contribution in [2.45, 2.75) is 51.4 Å². The van der Waals surface area contributed by atoms with Crippen LogP contribution in [0.25, 0.3) is 0 Å². The number of ether oxygens (including phenoxy) is 2. The molecule has 2 aromatic rings. The van der Waals surface area contributed by atoms with E-state index in [-0.39, 0.29) is 29.4 Å². The average Bonchev–Trinajstić information content (AvgIpc) is 2.88. The van der Waals surface area contributed by atoms with E-state index in [4.69, 9.17) is 9.47 Å². The molecule has 7 heteroatoms. The quantitative estimate of drug-likeness (QED) is 0.554. The Bertz CT molecular complexity index is 1280. The number of nitriles is 1. The molecule has 7 nitrogen and oxygen atoms in total. The Hall–Kier alpha value is -4.05. The van der Waals surface area contributed by atoms with Crippen LogP contribution in [0.5, 0.6) is 11.5 Å². The van der Waals surface area contributed by atoms with Gasteiger partial charge in [-0.05, 0) is 54.0 Å². The molecule has 0 spiro atoms. The molecule has 4 rings (SSSR count). The van der Waals surface area contributed by atoms with E-state index in [1.54, 1.807) is 18.2 Å². The minimum atomic E-state index is -0.942. The van der Waals surface area contributed by atoms with Gasteiger partial charge in [0.2, 0.25) is 5.91 Å². The summed E-state index contributed by atoms with van der Waals surface area (Å²) in [6, 6.07) is 13.7. The van der Waals surface area contributed by atoms with Crippen LogP contribution in [0.15, 0.2) is 60.4 Å². The molecule has 2 atom stereocenters. The van der Waals surface area contributed by atoms with Crippen molar-refractivity contribution in [2.75, 3.05) is 13.2 Å². The monoisotopic (exact) mass is 500 g/mol. The highest BCUT2D eigenvalue weighted by Crippen LogP contribution is 2.39. The van der Waals surface area contributed by atoms with Crippen molar-refractivity contribution < 1.29 is 24.2 Å². The van der Waals surface area contributed by atoms with Crippen molar-refractivity contribution in [3.05, 3.63) is 82.6 Å². The first-order valence-electron chi connectivity index (χ1n) is 12.5. The number of nitrogens with one attached hydrogen (secondary N) is 1. The van der Waals surface area contributed by atoms with E-state index in [0.29, 0.717) is 42.2 Å². The molecule has 0 aromatic heterocycles. The first-order chi connectivity index (χ1) is 17.7. The van der Waals surface area contributed by atoms with Gasteiger partial charge in [0.15, 0.2) is 0 Å². The number of allylic oxidation sites excluding steroid dienone is 2. The SMILES string of the molecule is CC(C)(C)c1ccc(CCNC(=O)C2C=CC(Oc3cc4c(cc3C#N)C(C(=O)O)CCO4)=CC2)cc1. The molecule has 0 radical (unpaired) electrons. The highest BCUT2D eigenvalue weighted by atomic mass is 16.5. The smallest absolute Gasteiger partial charge is 0.311 e. The van der Waals surface area contributed by atoms with Crippen LogP contribution in [0.3, 0.4) is 0 Å². The zero-order valence-electron chi connectivity index (χ0n) is 21.4. The number of hydrogen-bond donors (Lipinski definition) is 2. The third kappa shape index (κ3) is 6.21. The van der Waals surface area contributed by atoms with E-state index >= 15 is 0 Å². The van der Waals surface area contributed by atoms with Crippen LogP contribution in [-0.4, -0.2) is 30.1 Å². The first-order valence-corrected chi connectivity index (χ1v) is 12.5. The lowest BCUT2D eigenvalue weighted by molar-refractivity contribution is -0.139. The first kappa shape index (κ1) is 26.0. The van der Waals surface area contributed by atoms with Crippen molar-refractivity contribution in [2.24, 2.45) is 5.92 Å². The molecule has 0 fully saturated rings. The van der Waals surface area contributed by atoms with Gasteiger partial charge in [-0.1, -0.05) is 51.1 Å². The van der Waals surface area contributed by atoms with Gasteiger partial charge >= 0.3 is 5.97 Å². The van der Waals surface area contributed by atoms with E-state index in [1.807, 2.05) is 6.08 Å². The third-order valence-electron chi connectivity index (χ3n) is 6.73. The number of carboxylic acids is 1. The van der Waals surface area contributed by atoms with Crippen LogP contribution in [0, 0.1) is 17.2 Å². The van der Waals surface area contributed by atoms with E-state index in [2.05, 4.69) is 56.4 Å². The second-order valence-corrected chi connectivity index (χ2v) is 10.4. The summed E-state index contributed by atoms with van der Waals surface area (Å²) in [5, 5.41) is 22.1. The standard InChI is InChI=1S/C30H32N2O5/c1-30(2,3)22-8-4-19(5-9-22)12-14-32-28(33)20-6-10-23(11-7-20)37-26-17-27-25(16-21(26)18-31)24(29(34)35)13-15-36-27/h4-6,8-11,16-17,20,24H,7,12-15H2,1-3H3,(H,32,33)(H,34,35). The summed E-state index contributed by atoms with van der Waals surface area (Å²) in [6.07, 6.45) is 6.93. The number of benzene rings is 2. The maximum Gasteiger partial charge on any atom is 0.311 e. The summed E-state index contributed by atoms with van der Waals surface area (Å²) < 4.78 is 11.6. The summed E-state index contributed by atoms with van der Waals surface area (Å²) in [5.74, 6) is -0.762. The maximum absolute atomic E-state index is 12.6. The number of aliphatic carboxylic acids is 1. The fraction of sp³-hybridized carbons (Fsp3) is 0.367. The molecule has 192 valence electrons. The number of nitrogens with zero attached hydrogens (tertiary/aromatic N) is 1. The minimum absolute atomic E-state index is 0.0440. The number of hydrogen-bond acceptors (Lipinski definition) is 5. The van der Waals surface area contributed by atoms with Gasteiger partial charge in [0.25, 0.3) is 0 Å². The molecule has 0 bridgehead atoms. The van der Waals surface area contributed by atoms with Gasteiger partial charge in [-0.15, -0.1) is 0 Å². The van der Waals surface area contributed by atoms with Gasteiger partial charge in [-0.25, -0.2) is 0 Å². The fourth-order valence-electron chi connectivity index (χ4n) is 4.48. The van der Waals surface area contributed by atoms with Crippen LogP contribution >= 0.6 is 0 Å². The largest absolute Gasteiger partial charge is 0.493 e. The Kier molecular flexibility index (Phi) is 7.68. The Morgan fingerprint density at radius 3 is 2.59 bits per heavy atom. The van der Waals surface area contributed by atoms with Gasteiger partial charge in [-0.3, -0.25) is 9.59 Å². The minimum Gasteiger partial charge on any atom is -0.493 e. The van der Waals surface area contributed by atoms with Crippen molar-refractivity contribution >= 4 is 11.9 Å². The molecule has 2 N–H and O–H groups in total. The molecule has 1 aliphatic heterocycles. The number of carboxylic acid groups (broad SMARTS) is 1. The van der Waals surface area contributed by atoms with Crippen molar-refractivity contribution in [1.82, 2.24) is 5.32 Å². The normalized spacial score (nSPS) is 18.6. The average molecular weight is 501 g/mol. The van der Waals surface area contributed by atoms with Crippen molar-refractivity contribution in [3.8, 4) is 17.6 Å². The highest BCUT2D eigenvalue weighted by molar-refractivity contribution is 5.81. The van der Waals surface area contributed by atoms with E-state index in [9.17, 15) is 20.0 Å². The van der Waals surface area contributed by atoms with Crippen LogP contribution in [-0.2, 0) is 21.4 Å².